The summed E-state index contributed by atoms with van der Waals surface area (Å²) in [7, 11) is -8.25. The van der Waals surface area contributed by atoms with Crippen molar-refractivity contribution in [3.63, 3.8) is 0 Å². The molecule has 11 nitrogen and oxygen atoms in total. The van der Waals surface area contributed by atoms with Crippen molar-refractivity contribution in [2.75, 3.05) is 18.7 Å². The van der Waals surface area contributed by atoms with Gasteiger partial charge in [0.05, 0.1) is 6.04 Å². The van der Waals surface area contributed by atoms with Gasteiger partial charge in [-0.05, 0) is 12.8 Å². The summed E-state index contributed by atoms with van der Waals surface area (Å²) in [6.45, 7) is 0.0469. The Balaban J connectivity index is 2.07. The topological polar surface area (TPSA) is 150 Å². The minimum atomic E-state index is -4.85. The van der Waals surface area contributed by atoms with Crippen LogP contribution in [-0.4, -0.2) is 74.1 Å². The fourth-order valence-electron chi connectivity index (χ4n) is 2.42. The number of sulfone groups is 1. The lowest BCUT2D eigenvalue weighted by Crippen LogP contribution is -2.50. The van der Waals surface area contributed by atoms with Crippen molar-refractivity contribution in [3.05, 3.63) is 0 Å². The fourth-order valence-corrected chi connectivity index (χ4v) is 3.22. The van der Waals surface area contributed by atoms with Gasteiger partial charge in [0, 0.05) is 12.8 Å². The number of nitrogens with one attached hydrogen (secondary N) is 1. The average molecular weight is 357 g/mol. The normalized spacial score (nSPS) is 25.5. The molecule has 0 aromatic carbocycles. The molecule has 2 bridgehead atoms. The molecule has 126 valence electrons. The predicted octanol–water partition coefficient (Wildman–Crippen LogP) is -1.89. The maximum Gasteiger partial charge on any atom is 0.418 e. The van der Waals surface area contributed by atoms with E-state index in [0.29, 0.717) is 5.06 Å². The first-order valence-electron chi connectivity index (χ1n) is 6.20. The van der Waals surface area contributed by atoms with Crippen molar-refractivity contribution in [3.8, 4) is 0 Å². The number of piperidine rings is 1. The smallest absolute Gasteiger partial charge is 0.340 e. The highest BCUT2D eigenvalue weighted by atomic mass is 32.3. The second-order valence-corrected chi connectivity index (χ2v) is 8.27. The van der Waals surface area contributed by atoms with E-state index in [9.17, 15) is 26.4 Å². The van der Waals surface area contributed by atoms with Crippen LogP contribution in [0.25, 0.3) is 0 Å². The Labute approximate surface area is 127 Å². The first-order chi connectivity index (χ1) is 9.98. The molecule has 2 heterocycles. The van der Waals surface area contributed by atoms with Gasteiger partial charge in [0.2, 0.25) is 5.91 Å². The van der Waals surface area contributed by atoms with Gasteiger partial charge in [-0.15, -0.1) is 4.28 Å². The molecule has 13 heteroatoms. The van der Waals surface area contributed by atoms with Gasteiger partial charge in [-0.3, -0.25) is 9.35 Å². The van der Waals surface area contributed by atoms with E-state index in [1.165, 1.54) is 0 Å². The molecule has 0 spiro atoms. The monoisotopic (exact) mass is 357 g/mol. The number of fused-ring (bicyclic) bond motifs is 2. The fraction of sp³-hybridized carbons (Fsp3) is 0.778. The van der Waals surface area contributed by atoms with Gasteiger partial charge >= 0.3 is 16.4 Å². The van der Waals surface area contributed by atoms with Crippen LogP contribution in [0, 0.1) is 0 Å². The number of hydroxylamine groups is 2. The van der Waals surface area contributed by atoms with Gasteiger partial charge in [-0.1, -0.05) is 0 Å². The van der Waals surface area contributed by atoms with E-state index >= 15 is 0 Å². The minimum absolute atomic E-state index is 0.0469. The van der Waals surface area contributed by atoms with Gasteiger partial charge in [-0.2, -0.15) is 13.5 Å². The van der Waals surface area contributed by atoms with E-state index in [0.717, 1.165) is 11.2 Å². The molecule has 3 amide bonds. The highest BCUT2D eigenvalue weighted by molar-refractivity contribution is 7.90. The van der Waals surface area contributed by atoms with Crippen LogP contribution in [0.15, 0.2) is 0 Å². The molecule has 2 saturated heterocycles. The van der Waals surface area contributed by atoms with Crippen molar-refractivity contribution in [2.45, 2.75) is 24.9 Å². The number of nitrogens with zero attached hydrogens (tertiary/aromatic N) is 2. The van der Waals surface area contributed by atoms with E-state index in [1.54, 1.807) is 0 Å². The van der Waals surface area contributed by atoms with Crippen LogP contribution in [0.3, 0.4) is 0 Å². The summed E-state index contributed by atoms with van der Waals surface area (Å²) in [6.07, 6.45) is 1.44. The van der Waals surface area contributed by atoms with E-state index in [-0.39, 0.29) is 19.4 Å². The summed E-state index contributed by atoms with van der Waals surface area (Å²) in [5.41, 5.74) is 0. The highest BCUT2D eigenvalue weighted by Gasteiger charge is 2.49. The van der Waals surface area contributed by atoms with Crippen molar-refractivity contribution in [1.82, 2.24) is 15.3 Å². The van der Waals surface area contributed by atoms with Crippen molar-refractivity contribution < 1.29 is 35.3 Å². The first kappa shape index (κ1) is 16.9. The van der Waals surface area contributed by atoms with E-state index < -0.39 is 50.1 Å². The number of amides is 3. The molecule has 22 heavy (non-hydrogen) atoms. The zero-order valence-electron chi connectivity index (χ0n) is 11.5. The standard InChI is InChI=1S/C9H15N3O8S2/c1-21(15,16)5-10-8(13)7-3-2-6-4-11(7)9(14)12(6)20-22(17,18)19/h6-7H,2-5H2,1H3,(H,10,13)(H,17,18,19)/t6-,7+/m1/s1. The Hall–Kier alpha value is -1.44. The van der Waals surface area contributed by atoms with Crippen LogP contribution < -0.4 is 5.32 Å². The van der Waals surface area contributed by atoms with Crippen LogP contribution in [0.2, 0.25) is 0 Å². The van der Waals surface area contributed by atoms with E-state index in [4.69, 9.17) is 4.55 Å². The second kappa shape index (κ2) is 5.64. The van der Waals surface area contributed by atoms with Gasteiger partial charge in [0.15, 0.2) is 9.84 Å². The highest BCUT2D eigenvalue weighted by Crippen LogP contribution is 2.30. The summed E-state index contributed by atoms with van der Waals surface area (Å²) >= 11 is 0. The van der Waals surface area contributed by atoms with Crippen LogP contribution >= 0.6 is 0 Å². The average Bonchev–Trinajstić information content (AvgIpc) is 2.59. The predicted molar refractivity (Wildman–Crippen MR) is 71.2 cm³/mol. The second-order valence-electron chi connectivity index (χ2n) is 5.12. The molecule has 2 rings (SSSR count). The lowest BCUT2D eigenvalue weighted by molar-refractivity contribution is -0.125. The quantitative estimate of drug-likeness (QED) is 0.542. The Kier molecular flexibility index (Phi) is 4.34. The third-order valence-corrected chi connectivity index (χ3v) is 4.33. The molecule has 2 N–H and O–H groups in total. The van der Waals surface area contributed by atoms with Gasteiger partial charge < -0.3 is 10.2 Å². The summed E-state index contributed by atoms with van der Waals surface area (Å²) < 4.78 is 56.4. The minimum Gasteiger partial charge on any atom is -0.340 e. The first-order valence-corrected chi connectivity index (χ1v) is 9.63. The number of rotatable bonds is 5. The van der Waals surface area contributed by atoms with Gasteiger partial charge in [0.1, 0.15) is 11.9 Å². The maximum atomic E-state index is 12.0. The van der Waals surface area contributed by atoms with Crippen molar-refractivity contribution in [2.24, 2.45) is 0 Å². The third kappa shape index (κ3) is 3.85. The molecular weight excluding hydrogens is 342 g/mol. The Morgan fingerprint density at radius 2 is 2.00 bits per heavy atom. The van der Waals surface area contributed by atoms with Gasteiger partial charge in [0.25, 0.3) is 0 Å². The number of hydrogen-bond acceptors (Lipinski definition) is 7. The van der Waals surface area contributed by atoms with Crippen LogP contribution in [-0.2, 0) is 29.3 Å². The zero-order valence-corrected chi connectivity index (χ0v) is 13.1. The lowest BCUT2D eigenvalue weighted by atomic mass is 10.0. The maximum absolute atomic E-state index is 12.0. The molecule has 0 aromatic rings. The van der Waals surface area contributed by atoms with Crippen LogP contribution in [0.5, 0.6) is 0 Å². The van der Waals surface area contributed by atoms with Crippen LogP contribution in [0.1, 0.15) is 12.8 Å². The molecule has 0 aromatic heterocycles. The van der Waals surface area contributed by atoms with E-state index in [1.807, 2.05) is 0 Å². The molecule has 0 unspecified atom stereocenters. The number of carbonyl (C=O) groups excluding carboxylic acids is 2. The molecule has 0 aliphatic carbocycles. The summed E-state index contributed by atoms with van der Waals surface area (Å²) in [5, 5.41) is 2.72. The number of urea groups is 1. The molecular formula is C9H15N3O8S2. The molecule has 0 radical (unpaired) electrons. The Bertz CT molecular complexity index is 688. The molecule has 2 fully saturated rings. The number of carbonyl (C=O) groups is 2. The largest absolute Gasteiger partial charge is 0.418 e. The third-order valence-electron chi connectivity index (χ3n) is 3.31. The Morgan fingerprint density at radius 3 is 2.55 bits per heavy atom. The molecule has 2 aliphatic rings. The SMILES string of the molecule is CS(=O)(=O)CNC(=O)[C@@H]1CC[C@@H]2CN1C(=O)N2OS(=O)(=O)O. The Morgan fingerprint density at radius 1 is 1.36 bits per heavy atom. The number of hydrogen-bond donors (Lipinski definition) is 2. The zero-order chi connectivity index (χ0) is 16.7. The van der Waals surface area contributed by atoms with Gasteiger partial charge in [-0.25, -0.2) is 13.2 Å². The summed E-state index contributed by atoms with van der Waals surface area (Å²) in [5.74, 6) is -1.20. The molecule has 2 aliphatic heterocycles. The van der Waals surface area contributed by atoms with Crippen molar-refractivity contribution in [1.29, 1.82) is 0 Å². The molecule has 2 atom stereocenters. The van der Waals surface area contributed by atoms with Crippen molar-refractivity contribution >= 4 is 32.2 Å². The van der Waals surface area contributed by atoms with Crippen LogP contribution in [0.4, 0.5) is 4.79 Å². The molecule has 0 saturated carbocycles. The van der Waals surface area contributed by atoms with E-state index in [2.05, 4.69) is 9.60 Å². The lowest BCUT2D eigenvalue weighted by Gasteiger charge is -2.29. The summed E-state index contributed by atoms with van der Waals surface area (Å²) in [6, 6.07) is -2.39. The summed E-state index contributed by atoms with van der Waals surface area (Å²) in [4.78, 5) is 25.1.